The number of aliphatic hydroxyl groups excluding tert-OH is 2. The number of β-amino-alcohol motifs (C(OH)–C–C–N with tert-alkyl or cyclic N) is 1. The van der Waals surface area contributed by atoms with Crippen LogP contribution in [0.25, 0.3) is 0 Å². The van der Waals surface area contributed by atoms with Gasteiger partial charge in [0, 0.05) is 38.1 Å². The maximum Gasteiger partial charge on any atom is 0.223 e. The summed E-state index contributed by atoms with van der Waals surface area (Å²) in [6, 6.07) is 8.66. The minimum Gasteiger partial charge on any atom is -0.497 e. The highest BCUT2D eigenvalue weighted by Crippen LogP contribution is 2.42. The summed E-state index contributed by atoms with van der Waals surface area (Å²) in [6.07, 6.45) is 4.01. The maximum absolute atomic E-state index is 12.9. The Morgan fingerprint density at radius 1 is 1.29 bits per heavy atom. The Morgan fingerprint density at radius 3 is 2.89 bits per heavy atom. The van der Waals surface area contributed by atoms with E-state index in [2.05, 4.69) is 21.9 Å². The zero-order valence-electron chi connectivity index (χ0n) is 16.7. The Morgan fingerprint density at radius 2 is 2.11 bits per heavy atom. The minimum absolute atomic E-state index is 0.190. The summed E-state index contributed by atoms with van der Waals surface area (Å²) in [7, 11) is 1.68. The number of carbonyl (C=O) groups is 1. The molecule has 154 valence electrons. The van der Waals surface area contributed by atoms with Crippen molar-refractivity contribution in [1.29, 1.82) is 0 Å². The summed E-state index contributed by atoms with van der Waals surface area (Å²) in [5.74, 6) is 2.02. The lowest BCUT2D eigenvalue weighted by Crippen LogP contribution is -2.65. The normalized spacial score (nSPS) is 31.4. The van der Waals surface area contributed by atoms with Crippen molar-refractivity contribution in [1.82, 2.24) is 9.80 Å². The van der Waals surface area contributed by atoms with Crippen LogP contribution < -0.4 is 4.74 Å². The molecule has 28 heavy (non-hydrogen) atoms. The van der Waals surface area contributed by atoms with Gasteiger partial charge in [0.25, 0.3) is 0 Å². The number of benzene rings is 1. The van der Waals surface area contributed by atoms with E-state index in [1.54, 1.807) is 7.11 Å². The SMILES string of the molecule is COc1cccc(C[C@H]2[C@H]3C[C@H](CN(C[C@H](O)CO)C3)[C@@H]3CCCC(=O)N32)c1. The molecule has 3 aliphatic heterocycles. The Kier molecular flexibility index (Phi) is 5.90. The molecule has 1 amide bonds. The number of likely N-dealkylation sites (tertiary alicyclic amines) is 1. The molecule has 4 rings (SSSR count). The first-order valence-corrected chi connectivity index (χ1v) is 10.5. The quantitative estimate of drug-likeness (QED) is 0.768. The fraction of sp³-hybridized carbons (Fsp3) is 0.682. The standard InChI is InChI=1S/C22H32N2O4/c1-28-19-5-2-4-15(8-19)9-21-17-10-16(11-23(12-17)13-18(26)14-25)20-6-3-7-22(27)24(20)21/h2,4-5,8,16-18,20-21,25-26H,3,6-7,9-14H2,1H3/t16-,17+,18+,20+,21+/m1/s1. The molecule has 6 nitrogen and oxygen atoms in total. The van der Waals surface area contributed by atoms with Crippen LogP contribution in [0.4, 0.5) is 0 Å². The first kappa shape index (κ1) is 19.7. The molecule has 0 aromatic heterocycles. The van der Waals surface area contributed by atoms with Gasteiger partial charge in [0.1, 0.15) is 5.75 Å². The fourth-order valence-corrected chi connectivity index (χ4v) is 5.68. The topological polar surface area (TPSA) is 73.2 Å². The van der Waals surface area contributed by atoms with E-state index >= 15 is 0 Å². The second-order valence-corrected chi connectivity index (χ2v) is 8.69. The molecule has 0 saturated carbocycles. The summed E-state index contributed by atoms with van der Waals surface area (Å²) in [5.41, 5.74) is 1.20. The third-order valence-electron chi connectivity index (χ3n) is 6.83. The number of fused-ring (bicyclic) bond motifs is 4. The van der Waals surface area contributed by atoms with Gasteiger partial charge in [0.05, 0.1) is 19.8 Å². The lowest BCUT2D eigenvalue weighted by Gasteiger charge is -2.57. The van der Waals surface area contributed by atoms with Crippen LogP contribution in [-0.2, 0) is 11.2 Å². The average Bonchev–Trinajstić information content (AvgIpc) is 2.71. The van der Waals surface area contributed by atoms with E-state index in [0.29, 0.717) is 36.8 Å². The van der Waals surface area contributed by atoms with E-state index in [1.807, 2.05) is 12.1 Å². The molecule has 1 aromatic carbocycles. The van der Waals surface area contributed by atoms with Crippen molar-refractivity contribution in [3.63, 3.8) is 0 Å². The van der Waals surface area contributed by atoms with Gasteiger partial charge in [-0.25, -0.2) is 0 Å². The number of carbonyl (C=O) groups excluding carboxylic acids is 1. The van der Waals surface area contributed by atoms with E-state index in [-0.39, 0.29) is 12.6 Å². The second kappa shape index (κ2) is 8.39. The van der Waals surface area contributed by atoms with Crippen LogP contribution in [0.5, 0.6) is 5.75 Å². The van der Waals surface area contributed by atoms with Crippen LogP contribution in [0.1, 0.15) is 31.2 Å². The summed E-state index contributed by atoms with van der Waals surface area (Å²) >= 11 is 0. The largest absolute Gasteiger partial charge is 0.497 e. The number of methoxy groups -OCH3 is 1. The van der Waals surface area contributed by atoms with Crippen molar-refractivity contribution in [2.75, 3.05) is 33.4 Å². The first-order valence-electron chi connectivity index (χ1n) is 10.5. The number of aliphatic hydroxyl groups is 2. The van der Waals surface area contributed by atoms with Gasteiger partial charge in [-0.15, -0.1) is 0 Å². The number of hydrogen-bond donors (Lipinski definition) is 2. The summed E-state index contributed by atoms with van der Waals surface area (Å²) in [5, 5.41) is 19.2. The molecule has 0 unspecified atom stereocenters. The fourth-order valence-electron chi connectivity index (χ4n) is 5.68. The predicted octanol–water partition coefficient (Wildman–Crippen LogP) is 1.29. The molecule has 1 aromatic rings. The highest BCUT2D eigenvalue weighted by atomic mass is 16.5. The van der Waals surface area contributed by atoms with Gasteiger partial charge in [0.2, 0.25) is 5.91 Å². The van der Waals surface area contributed by atoms with Crippen LogP contribution in [0.2, 0.25) is 0 Å². The van der Waals surface area contributed by atoms with Crippen molar-refractivity contribution < 1.29 is 19.7 Å². The third kappa shape index (κ3) is 3.91. The Labute approximate surface area is 167 Å². The lowest BCUT2D eigenvalue weighted by atomic mass is 9.70. The number of ether oxygens (including phenoxy) is 1. The van der Waals surface area contributed by atoms with E-state index in [4.69, 9.17) is 4.74 Å². The summed E-state index contributed by atoms with van der Waals surface area (Å²) < 4.78 is 5.39. The molecule has 3 fully saturated rings. The summed E-state index contributed by atoms with van der Waals surface area (Å²) in [6.45, 7) is 2.09. The number of hydrogen-bond acceptors (Lipinski definition) is 5. The molecule has 5 atom stereocenters. The number of amides is 1. The Bertz CT molecular complexity index is 697. The van der Waals surface area contributed by atoms with Crippen molar-refractivity contribution in [2.45, 2.75) is 50.3 Å². The Balaban J connectivity index is 1.59. The average molecular weight is 389 g/mol. The van der Waals surface area contributed by atoms with E-state index in [1.165, 1.54) is 5.56 Å². The molecular weight excluding hydrogens is 356 g/mol. The van der Waals surface area contributed by atoms with Gasteiger partial charge in [-0.05, 0) is 55.2 Å². The van der Waals surface area contributed by atoms with Gasteiger partial charge in [-0.2, -0.15) is 0 Å². The van der Waals surface area contributed by atoms with Gasteiger partial charge < -0.3 is 19.8 Å². The molecule has 3 saturated heterocycles. The highest BCUT2D eigenvalue weighted by molar-refractivity contribution is 5.78. The lowest BCUT2D eigenvalue weighted by molar-refractivity contribution is -0.153. The zero-order chi connectivity index (χ0) is 19.7. The van der Waals surface area contributed by atoms with Gasteiger partial charge in [-0.1, -0.05) is 12.1 Å². The molecule has 2 bridgehead atoms. The van der Waals surface area contributed by atoms with Crippen molar-refractivity contribution in [3.8, 4) is 5.75 Å². The van der Waals surface area contributed by atoms with Gasteiger partial charge >= 0.3 is 0 Å². The number of nitrogens with zero attached hydrogens (tertiary/aromatic N) is 2. The minimum atomic E-state index is -0.695. The molecular formula is C22H32N2O4. The van der Waals surface area contributed by atoms with Crippen molar-refractivity contribution in [3.05, 3.63) is 29.8 Å². The van der Waals surface area contributed by atoms with Crippen LogP contribution in [0.3, 0.4) is 0 Å². The number of piperidine rings is 3. The van der Waals surface area contributed by atoms with Crippen molar-refractivity contribution in [2.24, 2.45) is 11.8 Å². The highest BCUT2D eigenvalue weighted by Gasteiger charge is 2.49. The van der Waals surface area contributed by atoms with E-state index < -0.39 is 6.10 Å². The second-order valence-electron chi connectivity index (χ2n) is 8.69. The molecule has 0 aliphatic carbocycles. The third-order valence-corrected chi connectivity index (χ3v) is 6.83. The molecule has 0 spiro atoms. The Hall–Kier alpha value is -1.63. The monoisotopic (exact) mass is 388 g/mol. The molecule has 0 radical (unpaired) electrons. The molecule has 3 aliphatic rings. The number of rotatable bonds is 6. The summed E-state index contributed by atoms with van der Waals surface area (Å²) in [4.78, 5) is 17.4. The molecule has 2 N–H and O–H groups in total. The maximum atomic E-state index is 12.9. The van der Waals surface area contributed by atoms with Gasteiger partial charge in [-0.3, -0.25) is 9.69 Å². The van der Waals surface area contributed by atoms with Gasteiger partial charge in [0.15, 0.2) is 0 Å². The van der Waals surface area contributed by atoms with Crippen LogP contribution in [0.15, 0.2) is 24.3 Å². The van der Waals surface area contributed by atoms with Crippen LogP contribution in [0, 0.1) is 11.8 Å². The van der Waals surface area contributed by atoms with Crippen LogP contribution in [-0.4, -0.2) is 77.5 Å². The first-order chi connectivity index (χ1) is 13.6. The smallest absolute Gasteiger partial charge is 0.223 e. The van der Waals surface area contributed by atoms with Crippen LogP contribution >= 0.6 is 0 Å². The van der Waals surface area contributed by atoms with Crippen molar-refractivity contribution >= 4 is 5.91 Å². The van der Waals surface area contributed by atoms with E-state index in [9.17, 15) is 15.0 Å². The zero-order valence-corrected chi connectivity index (χ0v) is 16.7. The predicted molar refractivity (Wildman–Crippen MR) is 106 cm³/mol. The molecule has 6 heteroatoms. The van der Waals surface area contributed by atoms with E-state index in [0.717, 1.165) is 44.5 Å². The molecule has 3 heterocycles.